The molecule has 0 bridgehead atoms. The predicted molar refractivity (Wildman–Crippen MR) is 78.4 cm³/mol. The molecule has 0 aliphatic carbocycles. The van der Waals surface area contributed by atoms with Crippen molar-refractivity contribution in [2.24, 2.45) is 0 Å². The van der Waals surface area contributed by atoms with Gasteiger partial charge < -0.3 is 10.4 Å². The van der Waals surface area contributed by atoms with E-state index in [1.54, 1.807) is 26.0 Å². The Hall–Kier alpha value is -2.70. The van der Waals surface area contributed by atoms with Crippen molar-refractivity contribution in [2.75, 3.05) is 5.32 Å². The second-order valence-corrected chi connectivity index (χ2v) is 4.90. The first-order valence-corrected chi connectivity index (χ1v) is 6.42. The number of nitrogens with zero attached hydrogens (tertiary/aromatic N) is 2. The molecule has 2 N–H and O–H groups in total. The number of fused-ring (bicyclic) bond motifs is 1. The molecule has 7 nitrogen and oxygen atoms in total. The van der Waals surface area contributed by atoms with Gasteiger partial charge in [-0.15, -0.1) is 0 Å². The number of carboxylic acids is 1. The Morgan fingerprint density at radius 3 is 2.76 bits per heavy atom. The van der Waals surface area contributed by atoms with Crippen molar-refractivity contribution in [3.8, 4) is 0 Å². The van der Waals surface area contributed by atoms with Crippen molar-refractivity contribution >= 4 is 28.2 Å². The normalized spacial score (nSPS) is 13.6. The van der Waals surface area contributed by atoms with Gasteiger partial charge in [0.15, 0.2) is 0 Å². The second-order valence-electron chi connectivity index (χ2n) is 4.90. The van der Waals surface area contributed by atoms with E-state index in [0.29, 0.717) is 23.0 Å². The Balaban J connectivity index is 2.59. The molecule has 0 radical (unpaired) electrons. The fourth-order valence-electron chi connectivity index (χ4n) is 2.01. The average Bonchev–Trinajstić information content (AvgIpc) is 2.46. The first-order valence-electron chi connectivity index (χ1n) is 6.42. The minimum atomic E-state index is -1.17. The van der Waals surface area contributed by atoms with Crippen LogP contribution in [0.1, 0.15) is 20.3 Å². The van der Waals surface area contributed by atoms with Crippen LogP contribution in [-0.2, 0) is 4.79 Å². The highest BCUT2D eigenvalue weighted by atomic mass is 16.6. The van der Waals surface area contributed by atoms with Crippen molar-refractivity contribution in [1.29, 1.82) is 0 Å². The molecular formula is C14H15N3O4. The van der Waals surface area contributed by atoms with Crippen LogP contribution in [0.5, 0.6) is 0 Å². The summed E-state index contributed by atoms with van der Waals surface area (Å²) in [4.78, 5) is 26.1. The zero-order chi connectivity index (χ0) is 15.6. The summed E-state index contributed by atoms with van der Waals surface area (Å²) < 4.78 is 0. The van der Waals surface area contributed by atoms with Crippen LogP contribution in [-0.4, -0.2) is 26.5 Å². The zero-order valence-electron chi connectivity index (χ0n) is 11.7. The van der Waals surface area contributed by atoms with Crippen molar-refractivity contribution in [3.05, 3.63) is 40.6 Å². The van der Waals surface area contributed by atoms with Crippen molar-refractivity contribution in [3.63, 3.8) is 0 Å². The highest BCUT2D eigenvalue weighted by molar-refractivity contribution is 5.98. The van der Waals surface area contributed by atoms with Gasteiger partial charge in [-0.2, -0.15) is 0 Å². The van der Waals surface area contributed by atoms with Gasteiger partial charge in [-0.1, -0.05) is 6.92 Å². The quantitative estimate of drug-likeness (QED) is 0.647. The van der Waals surface area contributed by atoms with E-state index in [4.69, 9.17) is 0 Å². The third-order valence-corrected chi connectivity index (χ3v) is 3.53. The van der Waals surface area contributed by atoms with E-state index in [9.17, 15) is 20.0 Å². The number of aromatic nitrogens is 1. The Morgan fingerprint density at radius 2 is 2.19 bits per heavy atom. The number of rotatable bonds is 5. The fourth-order valence-corrected chi connectivity index (χ4v) is 2.01. The number of carbonyl (C=O) groups is 1. The summed E-state index contributed by atoms with van der Waals surface area (Å²) in [6.07, 6.45) is 1.87. The Bertz CT molecular complexity index is 716. The van der Waals surface area contributed by atoms with Gasteiger partial charge in [-0.05, 0) is 31.5 Å². The number of benzene rings is 1. The van der Waals surface area contributed by atoms with Crippen LogP contribution in [0.3, 0.4) is 0 Å². The zero-order valence-corrected chi connectivity index (χ0v) is 11.7. The maximum atomic E-state index is 11.4. The third-order valence-electron chi connectivity index (χ3n) is 3.53. The maximum absolute atomic E-state index is 11.4. The van der Waals surface area contributed by atoms with E-state index < -0.39 is 16.4 Å². The topological polar surface area (TPSA) is 105 Å². The Morgan fingerprint density at radius 1 is 1.48 bits per heavy atom. The van der Waals surface area contributed by atoms with Crippen molar-refractivity contribution in [2.45, 2.75) is 25.8 Å². The first kappa shape index (κ1) is 14.7. The summed E-state index contributed by atoms with van der Waals surface area (Å²) in [6.45, 7) is 3.31. The highest BCUT2D eigenvalue weighted by Gasteiger charge is 2.31. The highest BCUT2D eigenvalue weighted by Crippen LogP contribution is 2.31. The van der Waals surface area contributed by atoms with E-state index in [1.165, 1.54) is 18.3 Å². The molecule has 110 valence electrons. The molecule has 0 spiro atoms. The number of nitro benzene ring substituents is 1. The number of carboxylic acid groups (broad SMARTS) is 1. The minimum Gasteiger partial charge on any atom is -0.480 e. The molecule has 0 saturated carbocycles. The molecule has 2 aromatic rings. The van der Waals surface area contributed by atoms with Crippen LogP contribution >= 0.6 is 0 Å². The molecule has 1 aromatic carbocycles. The molecule has 0 amide bonds. The van der Waals surface area contributed by atoms with Crippen LogP contribution in [0.15, 0.2) is 30.5 Å². The third kappa shape index (κ3) is 2.62. The van der Waals surface area contributed by atoms with Crippen LogP contribution in [0.25, 0.3) is 10.9 Å². The van der Waals surface area contributed by atoms with Crippen LogP contribution in [0.4, 0.5) is 11.4 Å². The number of non-ortho nitro benzene ring substituents is 1. The predicted octanol–water partition coefficient (Wildman–Crippen LogP) is 2.81. The Labute approximate surface area is 120 Å². The Kier molecular flexibility index (Phi) is 3.75. The number of hydrogen-bond donors (Lipinski definition) is 2. The molecule has 21 heavy (non-hydrogen) atoms. The molecule has 0 aliphatic rings. The summed E-state index contributed by atoms with van der Waals surface area (Å²) in [5, 5.41) is 23.7. The number of nitro groups is 1. The van der Waals surface area contributed by atoms with E-state index in [2.05, 4.69) is 10.3 Å². The molecule has 1 atom stereocenters. The molecule has 0 aliphatic heterocycles. The lowest BCUT2D eigenvalue weighted by atomic mass is 9.98. The average molecular weight is 289 g/mol. The monoisotopic (exact) mass is 289 g/mol. The SMILES string of the molecule is CCC(C)(Nc1ccc([N+](=O)[O-])c2cccnc12)C(=O)O. The summed E-state index contributed by atoms with van der Waals surface area (Å²) in [6, 6.07) is 6.04. The minimum absolute atomic E-state index is 0.0582. The fraction of sp³-hybridized carbons (Fsp3) is 0.286. The van der Waals surface area contributed by atoms with Crippen molar-refractivity contribution in [1.82, 2.24) is 4.98 Å². The van der Waals surface area contributed by atoms with E-state index in [-0.39, 0.29) is 5.69 Å². The molecule has 1 heterocycles. The van der Waals surface area contributed by atoms with Gasteiger partial charge in [0.25, 0.3) is 5.69 Å². The van der Waals surface area contributed by atoms with Gasteiger partial charge >= 0.3 is 5.97 Å². The molecular weight excluding hydrogens is 274 g/mol. The molecule has 7 heteroatoms. The lowest BCUT2D eigenvalue weighted by Crippen LogP contribution is -2.42. The summed E-state index contributed by atoms with van der Waals surface area (Å²) in [5.41, 5.74) is -0.381. The first-order chi connectivity index (χ1) is 9.89. The summed E-state index contributed by atoms with van der Waals surface area (Å²) in [7, 11) is 0. The number of anilines is 1. The van der Waals surface area contributed by atoms with Gasteiger partial charge in [0.2, 0.25) is 0 Å². The van der Waals surface area contributed by atoms with E-state index >= 15 is 0 Å². The standard InChI is InChI=1S/C14H15N3O4/c1-3-14(2,13(18)19)16-10-6-7-11(17(20)21)9-5-4-8-15-12(9)10/h4-8,16H,3H2,1-2H3,(H,18,19). The molecule has 0 fully saturated rings. The lowest BCUT2D eigenvalue weighted by molar-refractivity contribution is -0.383. The van der Waals surface area contributed by atoms with Gasteiger partial charge in [0.05, 0.1) is 16.0 Å². The van der Waals surface area contributed by atoms with Crippen LogP contribution in [0.2, 0.25) is 0 Å². The van der Waals surface area contributed by atoms with Gasteiger partial charge in [-0.25, -0.2) is 4.79 Å². The molecule has 1 aromatic heterocycles. The number of nitrogens with one attached hydrogen (secondary N) is 1. The smallest absolute Gasteiger partial charge is 0.329 e. The number of aliphatic carboxylic acids is 1. The largest absolute Gasteiger partial charge is 0.480 e. The summed E-state index contributed by atoms with van der Waals surface area (Å²) in [5.74, 6) is -0.993. The van der Waals surface area contributed by atoms with E-state index in [1.807, 2.05) is 0 Å². The molecule has 2 rings (SSSR count). The van der Waals surface area contributed by atoms with Crippen molar-refractivity contribution < 1.29 is 14.8 Å². The van der Waals surface area contributed by atoms with Crippen LogP contribution < -0.4 is 5.32 Å². The van der Waals surface area contributed by atoms with Gasteiger partial charge in [0.1, 0.15) is 11.1 Å². The van der Waals surface area contributed by atoms with Gasteiger partial charge in [-0.3, -0.25) is 15.1 Å². The second kappa shape index (κ2) is 5.35. The maximum Gasteiger partial charge on any atom is 0.329 e. The lowest BCUT2D eigenvalue weighted by Gasteiger charge is -2.26. The molecule has 1 unspecified atom stereocenters. The summed E-state index contributed by atoms with van der Waals surface area (Å²) >= 11 is 0. The van der Waals surface area contributed by atoms with Gasteiger partial charge in [0, 0.05) is 12.3 Å². The molecule has 0 saturated heterocycles. The number of pyridine rings is 1. The van der Waals surface area contributed by atoms with E-state index in [0.717, 1.165) is 0 Å². The number of hydrogen-bond acceptors (Lipinski definition) is 5. The van der Waals surface area contributed by atoms with Crippen LogP contribution in [0, 0.1) is 10.1 Å².